The number of nitrogens with zero attached hydrogens (tertiary/aromatic N) is 4. The Labute approximate surface area is 191 Å². The quantitative estimate of drug-likeness (QED) is 0.754. The van der Waals surface area contributed by atoms with Gasteiger partial charge in [0.2, 0.25) is 5.91 Å². The molecule has 0 radical (unpaired) electrons. The third-order valence-corrected chi connectivity index (χ3v) is 5.71. The van der Waals surface area contributed by atoms with E-state index >= 15 is 0 Å². The van der Waals surface area contributed by atoms with Crippen LogP contribution in [-0.4, -0.2) is 77.9 Å². The second-order valence-corrected chi connectivity index (χ2v) is 7.63. The number of hydrogen-bond acceptors (Lipinski definition) is 5. The van der Waals surface area contributed by atoms with Gasteiger partial charge in [0.05, 0.1) is 12.6 Å². The summed E-state index contributed by atoms with van der Waals surface area (Å²) in [6.45, 7) is 7.82. The van der Waals surface area contributed by atoms with Gasteiger partial charge in [-0.15, -0.1) is 24.8 Å². The maximum atomic E-state index is 13.0. The Morgan fingerprint density at radius 2 is 1.70 bits per heavy atom. The molecule has 2 aliphatic heterocycles. The molecule has 0 bridgehead atoms. The van der Waals surface area contributed by atoms with E-state index in [1.54, 1.807) is 6.20 Å². The Morgan fingerprint density at radius 3 is 2.40 bits per heavy atom. The number of aromatic nitrogens is 1. The second kappa shape index (κ2) is 12.2. The minimum absolute atomic E-state index is 0. The van der Waals surface area contributed by atoms with E-state index in [1.165, 1.54) is 5.56 Å². The number of amides is 1. The van der Waals surface area contributed by atoms with E-state index in [0.717, 1.165) is 57.9 Å². The van der Waals surface area contributed by atoms with Crippen molar-refractivity contribution in [3.8, 4) is 0 Å². The number of nitrogens with one attached hydrogen (secondary N) is 1. The van der Waals surface area contributed by atoms with Crippen molar-refractivity contribution in [2.75, 3.05) is 52.4 Å². The van der Waals surface area contributed by atoms with E-state index in [-0.39, 0.29) is 36.8 Å². The Kier molecular flexibility index (Phi) is 10.0. The molecule has 1 amide bonds. The van der Waals surface area contributed by atoms with Crippen LogP contribution in [0.1, 0.15) is 17.2 Å². The summed E-state index contributed by atoms with van der Waals surface area (Å²) in [5.41, 5.74) is 2.46. The summed E-state index contributed by atoms with van der Waals surface area (Å²) in [6, 6.07) is 14.7. The van der Waals surface area contributed by atoms with Crippen molar-refractivity contribution in [1.82, 2.24) is 25.0 Å². The predicted molar refractivity (Wildman–Crippen MR) is 124 cm³/mol. The molecule has 3 heterocycles. The van der Waals surface area contributed by atoms with Crippen molar-refractivity contribution < 1.29 is 4.79 Å². The van der Waals surface area contributed by atoms with E-state index < -0.39 is 0 Å². The average Bonchev–Trinajstić information content (AvgIpc) is 2.76. The summed E-state index contributed by atoms with van der Waals surface area (Å²) in [5.74, 6) is 0.229. The molecule has 0 aliphatic carbocycles. The van der Waals surface area contributed by atoms with Crippen molar-refractivity contribution in [3.63, 3.8) is 0 Å². The predicted octanol–water partition coefficient (Wildman–Crippen LogP) is 2.22. The van der Waals surface area contributed by atoms with E-state index in [4.69, 9.17) is 0 Å². The fraction of sp³-hybridized carbons (Fsp3) is 0.455. The van der Waals surface area contributed by atoms with E-state index in [2.05, 4.69) is 56.5 Å². The minimum atomic E-state index is 0. The number of carbonyl (C=O) groups excluding carboxylic acids is 1. The zero-order chi connectivity index (χ0) is 19.2. The molecule has 8 heteroatoms. The van der Waals surface area contributed by atoms with Crippen LogP contribution in [0, 0.1) is 0 Å². The van der Waals surface area contributed by atoms with Gasteiger partial charge >= 0.3 is 0 Å². The molecule has 1 aromatic heterocycles. The Balaban J connectivity index is 0.00000160. The lowest BCUT2D eigenvalue weighted by Crippen LogP contribution is -2.54. The van der Waals surface area contributed by atoms with E-state index in [1.807, 2.05) is 17.2 Å². The lowest BCUT2D eigenvalue weighted by atomic mass is 10.1. The van der Waals surface area contributed by atoms with Crippen LogP contribution >= 0.6 is 24.8 Å². The lowest BCUT2D eigenvalue weighted by molar-refractivity contribution is -0.136. The molecule has 0 saturated carbocycles. The normalized spacial score (nSPS) is 20.1. The third kappa shape index (κ3) is 6.40. The first kappa shape index (κ1) is 24.6. The molecule has 2 saturated heterocycles. The highest BCUT2D eigenvalue weighted by atomic mass is 35.5. The molecule has 1 atom stereocenters. The summed E-state index contributed by atoms with van der Waals surface area (Å²) in [4.78, 5) is 24.1. The van der Waals surface area contributed by atoms with E-state index in [9.17, 15) is 4.79 Å². The maximum Gasteiger partial charge on any atom is 0.237 e. The van der Waals surface area contributed by atoms with Crippen molar-refractivity contribution in [1.29, 1.82) is 0 Å². The number of halogens is 2. The van der Waals surface area contributed by atoms with Crippen LogP contribution in [0.2, 0.25) is 0 Å². The first-order valence-corrected chi connectivity index (χ1v) is 10.2. The molecule has 1 aromatic carbocycles. The van der Waals surface area contributed by atoms with Gasteiger partial charge in [-0.05, 0) is 17.2 Å². The number of carbonyl (C=O) groups is 1. The summed E-state index contributed by atoms with van der Waals surface area (Å²) >= 11 is 0. The summed E-state index contributed by atoms with van der Waals surface area (Å²) in [5, 5.41) is 3.41. The number of hydrogen-bond donors (Lipinski definition) is 1. The number of benzene rings is 1. The summed E-state index contributed by atoms with van der Waals surface area (Å²) < 4.78 is 0. The molecule has 1 unspecified atom stereocenters. The number of pyridine rings is 1. The first-order chi connectivity index (χ1) is 13.8. The fourth-order valence-electron chi connectivity index (χ4n) is 4.10. The highest BCUT2D eigenvalue weighted by molar-refractivity contribution is 5.85. The molecule has 0 spiro atoms. The summed E-state index contributed by atoms with van der Waals surface area (Å²) in [6.07, 6.45) is 3.65. The SMILES string of the molecule is Cl.Cl.O=C(CN1CCN(Cc2ccccc2)CC1)N1CCNCC1c1cccnc1. The topological polar surface area (TPSA) is 51.7 Å². The van der Waals surface area contributed by atoms with E-state index in [0.29, 0.717) is 6.54 Å². The highest BCUT2D eigenvalue weighted by Crippen LogP contribution is 2.22. The average molecular weight is 452 g/mol. The van der Waals surface area contributed by atoms with Gasteiger partial charge in [-0.3, -0.25) is 19.6 Å². The molecular formula is C22H31Cl2N5O. The molecule has 164 valence electrons. The first-order valence-electron chi connectivity index (χ1n) is 10.2. The molecule has 30 heavy (non-hydrogen) atoms. The van der Waals surface area contributed by atoms with Crippen LogP contribution in [0.4, 0.5) is 0 Å². The fourth-order valence-corrected chi connectivity index (χ4v) is 4.10. The smallest absolute Gasteiger partial charge is 0.237 e. The van der Waals surface area contributed by atoms with Gasteiger partial charge in [0.1, 0.15) is 0 Å². The monoisotopic (exact) mass is 451 g/mol. The van der Waals surface area contributed by atoms with Crippen LogP contribution in [0.5, 0.6) is 0 Å². The molecule has 2 aliphatic rings. The number of piperazine rings is 2. The zero-order valence-corrected chi connectivity index (χ0v) is 18.8. The van der Waals surface area contributed by atoms with Gasteiger partial charge in [-0.1, -0.05) is 36.4 Å². The number of rotatable bonds is 5. The van der Waals surface area contributed by atoms with Gasteiger partial charge in [-0.25, -0.2) is 0 Å². The van der Waals surface area contributed by atoms with Crippen molar-refractivity contribution in [2.45, 2.75) is 12.6 Å². The Morgan fingerprint density at radius 1 is 0.967 bits per heavy atom. The van der Waals surface area contributed by atoms with Crippen molar-refractivity contribution >= 4 is 30.7 Å². The van der Waals surface area contributed by atoms with Crippen LogP contribution in [-0.2, 0) is 11.3 Å². The highest BCUT2D eigenvalue weighted by Gasteiger charge is 2.29. The second-order valence-electron chi connectivity index (χ2n) is 7.63. The molecule has 1 N–H and O–H groups in total. The van der Waals surface area contributed by atoms with Crippen molar-refractivity contribution in [3.05, 3.63) is 66.0 Å². The lowest BCUT2D eigenvalue weighted by Gasteiger charge is -2.39. The van der Waals surface area contributed by atoms with Gasteiger partial charge in [-0.2, -0.15) is 0 Å². The standard InChI is InChI=1S/C22H29N5O.2ClH/c28-22(27-10-9-24-16-21(27)20-7-4-8-23-15-20)18-26-13-11-25(12-14-26)17-19-5-2-1-3-6-19;;/h1-8,15,21,24H,9-14,16-18H2;2*1H. The molecule has 4 rings (SSSR count). The van der Waals surface area contributed by atoms with Gasteiger partial charge in [0.15, 0.2) is 0 Å². The molecule has 2 fully saturated rings. The Bertz CT molecular complexity index is 757. The minimum Gasteiger partial charge on any atom is -0.332 e. The largest absolute Gasteiger partial charge is 0.332 e. The van der Waals surface area contributed by atoms with Crippen LogP contribution in [0.25, 0.3) is 0 Å². The third-order valence-electron chi connectivity index (χ3n) is 5.71. The van der Waals surface area contributed by atoms with Crippen LogP contribution < -0.4 is 5.32 Å². The Hall–Kier alpha value is -1.70. The zero-order valence-electron chi connectivity index (χ0n) is 17.2. The molecule has 6 nitrogen and oxygen atoms in total. The van der Waals surface area contributed by atoms with Crippen LogP contribution in [0.15, 0.2) is 54.9 Å². The van der Waals surface area contributed by atoms with Gasteiger partial charge in [0, 0.05) is 64.8 Å². The van der Waals surface area contributed by atoms with Gasteiger partial charge < -0.3 is 10.2 Å². The molecular weight excluding hydrogens is 421 g/mol. The van der Waals surface area contributed by atoms with Gasteiger partial charge in [0.25, 0.3) is 0 Å². The van der Waals surface area contributed by atoms with Crippen LogP contribution in [0.3, 0.4) is 0 Å². The summed E-state index contributed by atoms with van der Waals surface area (Å²) in [7, 11) is 0. The maximum absolute atomic E-state index is 13.0. The molecule has 2 aromatic rings. The van der Waals surface area contributed by atoms with Crippen molar-refractivity contribution in [2.24, 2.45) is 0 Å².